The summed E-state index contributed by atoms with van der Waals surface area (Å²) in [5, 5.41) is 21.3. The van der Waals surface area contributed by atoms with E-state index >= 15 is 0 Å². The SMILES string of the molecule is Cn1c(CSCc2ccc(F)cc2)c(C(=O)O)c2c(Cn3ccnc3)c(O)c(Br)cc21. The summed E-state index contributed by atoms with van der Waals surface area (Å²) in [5.41, 5.74) is 3.03. The van der Waals surface area contributed by atoms with Gasteiger partial charge in [-0.1, -0.05) is 12.1 Å². The van der Waals surface area contributed by atoms with E-state index in [1.165, 1.54) is 12.1 Å². The van der Waals surface area contributed by atoms with Gasteiger partial charge in [-0.2, -0.15) is 11.8 Å². The van der Waals surface area contributed by atoms with Crippen LogP contribution in [0.15, 0.2) is 53.5 Å². The van der Waals surface area contributed by atoms with Crippen LogP contribution in [-0.2, 0) is 25.1 Å². The van der Waals surface area contributed by atoms with Crippen LogP contribution in [0.25, 0.3) is 10.9 Å². The van der Waals surface area contributed by atoms with Crippen LogP contribution in [0.5, 0.6) is 5.75 Å². The predicted octanol–water partition coefficient (Wildman–Crippen LogP) is 5.16. The summed E-state index contributed by atoms with van der Waals surface area (Å²) in [7, 11) is 1.83. The van der Waals surface area contributed by atoms with Crippen molar-refractivity contribution in [2.75, 3.05) is 0 Å². The van der Waals surface area contributed by atoms with E-state index in [9.17, 15) is 19.4 Å². The zero-order valence-corrected chi connectivity index (χ0v) is 19.0. The van der Waals surface area contributed by atoms with Gasteiger partial charge in [0.25, 0.3) is 0 Å². The van der Waals surface area contributed by atoms with Gasteiger partial charge in [0.2, 0.25) is 0 Å². The fourth-order valence-corrected chi connectivity index (χ4v) is 5.16. The van der Waals surface area contributed by atoms with E-state index < -0.39 is 5.97 Å². The van der Waals surface area contributed by atoms with E-state index in [1.54, 1.807) is 53.2 Å². The molecule has 6 nitrogen and oxygen atoms in total. The maximum absolute atomic E-state index is 13.1. The maximum atomic E-state index is 13.1. The zero-order chi connectivity index (χ0) is 22.1. The van der Waals surface area contributed by atoms with Crippen LogP contribution >= 0.6 is 27.7 Å². The minimum Gasteiger partial charge on any atom is -0.506 e. The monoisotopic (exact) mass is 503 g/mol. The lowest BCUT2D eigenvalue weighted by molar-refractivity contribution is 0.0698. The molecule has 2 N–H and O–H groups in total. The third-order valence-corrected chi connectivity index (χ3v) is 6.79. The molecule has 0 fully saturated rings. The number of phenols is 1. The molecule has 2 heterocycles. The van der Waals surface area contributed by atoms with Crippen LogP contribution in [0.2, 0.25) is 0 Å². The number of carboxylic acid groups (broad SMARTS) is 1. The highest BCUT2D eigenvalue weighted by molar-refractivity contribution is 9.10. The van der Waals surface area contributed by atoms with Gasteiger partial charge in [-0.15, -0.1) is 0 Å². The number of aromatic carboxylic acids is 1. The van der Waals surface area contributed by atoms with Crippen LogP contribution in [0.1, 0.15) is 27.2 Å². The molecule has 4 rings (SSSR count). The summed E-state index contributed by atoms with van der Waals surface area (Å²) in [5.74, 6) is -0.243. The van der Waals surface area contributed by atoms with E-state index in [1.807, 2.05) is 11.6 Å². The Labute approximate surface area is 190 Å². The summed E-state index contributed by atoms with van der Waals surface area (Å²) in [6.45, 7) is 0.286. The lowest BCUT2D eigenvalue weighted by Gasteiger charge is -2.11. The summed E-state index contributed by atoms with van der Waals surface area (Å²) in [6, 6.07) is 8.01. The lowest BCUT2D eigenvalue weighted by atomic mass is 10.0. The molecule has 0 atom stereocenters. The number of fused-ring (bicyclic) bond motifs is 1. The first kappa shape index (κ1) is 21.5. The van der Waals surface area contributed by atoms with Gasteiger partial charge >= 0.3 is 5.97 Å². The van der Waals surface area contributed by atoms with Crippen molar-refractivity contribution in [3.63, 3.8) is 0 Å². The molecule has 31 heavy (non-hydrogen) atoms. The number of hydrogen-bond acceptors (Lipinski definition) is 4. The first-order valence-electron chi connectivity index (χ1n) is 9.39. The molecule has 0 unspecified atom stereocenters. The number of aryl methyl sites for hydroxylation is 1. The second-order valence-corrected chi connectivity index (χ2v) is 8.96. The first-order valence-corrected chi connectivity index (χ1v) is 11.3. The highest BCUT2D eigenvalue weighted by atomic mass is 79.9. The standard InChI is InChI=1S/C22H19BrFN3O3S/c1-26-17-8-16(23)21(28)15(9-27-7-6-25-12-27)19(17)20(22(29)30)18(26)11-31-10-13-2-4-14(24)5-3-13/h2-8,12,28H,9-11H2,1H3,(H,29,30). The van der Waals surface area contributed by atoms with Crippen LogP contribution in [0.4, 0.5) is 4.39 Å². The molecule has 2 aromatic carbocycles. The Kier molecular flexibility index (Phi) is 6.06. The van der Waals surface area contributed by atoms with E-state index in [-0.39, 0.29) is 23.7 Å². The van der Waals surface area contributed by atoms with Gasteiger partial charge in [-0.25, -0.2) is 14.2 Å². The van der Waals surface area contributed by atoms with Gasteiger partial charge in [0.05, 0.1) is 28.4 Å². The minimum atomic E-state index is -1.04. The average Bonchev–Trinajstić information content (AvgIpc) is 3.34. The van der Waals surface area contributed by atoms with Crippen molar-refractivity contribution in [3.05, 3.63) is 81.7 Å². The van der Waals surface area contributed by atoms with Crippen LogP contribution in [0, 0.1) is 5.82 Å². The molecule has 2 aromatic heterocycles. The Balaban J connectivity index is 1.76. The van der Waals surface area contributed by atoms with E-state index in [2.05, 4.69) is 20.9 Å². The van der Waals surface area contributed by atoms with E-state index in [4.69, 9.17) is 0 Å². The Morgan fingerprint density at radius 2 is 2.00 bits per heavy atom. The first-order chi connectivity index (χ1) is 14.9. The average molecular weight is 504 g/mol. The largest absolute Gasteiger partial charge is 0.506 e. The smallest absolute Gasteiger partial charge is 0.338 e. The van der Waals surface area contributed by atoms with Gasteiger partial charge in [0, 0.05) is 47.6 Å². The molecular weight excluding hydrogens is 485 g/mol. The highest BCUT2D eigenvalue weighted by Crippen LogP contribution is 2.40. The van der Waals surface area contributed by atoms with Crippen molar-refractivity contribution in [2.24, 2.45) is 7.05 Å². The number of nitrogens with zero attached hydrogens (tertiary/aromatic N) is 3. The minimum absolute atomic E-state index is 0.0137. The Bertz CT molecular complexity index is 1250. The van der Waals surface area contributed by atoms with Gasteiger partial charge in [0.15, 0.2) is 0 Å². The Hall–Kier alpha value is -2.78. The number of hydrogen-bond donors (Lipinski definition) is 2. The van der Waals surface area contributed by atoms with Crippen molar-refractivity contribution in [2.45, 2.75) is 18.1 Å². The molecule has 160 valence electrons. The molecule has 0 bridgehead atoms. The van der Waals surface area contributed by atoms with Crippen LogP contribution in [0.3, 0.4) is 0 Å². The van der Waals surface area contributed by atoms with Crippen molar-refractivity contribution in [3.8, 4) is 5.75 Å². The highest BCUT2D eigenvalue weighted by Gasteiger charge is 2.26. The molecule has 0 amide bonds. The molecule has 0 aliphatic carbocycles. The predicted molar refractivity (Wildman–Crippen MR) is 122 cm³/mol. The molecule has 0 saturated carbocycles. The third-order valence-electron chi connectivity index (χ3n) is 5.17. The molecule has 9 heteroatoms. The molecule has 0 aliphatic rings. The van der Waals surface area contributed by atoms with Crippen molar-refractivity contribution in [1.29, 1.82) is 0 Å². The number of rotatable bonds is 7. The van der Waals surface area contributed by atoms with Crippen LogP contribution in [-0.4, -0.2) is 30.3 Å². The summed E-state index contributed by atoms with van der Waals surface area (Å²) in [6.07, 6.45) is 5.01. The number of carbonyl (C=O) groups is 1. The summed E-state index contributed by atoms with van der Waals surface area (Å²) < 4.78 is 17.3. The van der Waals surface area contributed by atoms with E-state index in [0.29, 0.717) is 32.6 Å². The molecule has 4 aromatic rings. The summed E-state index contributed by atoms with van der Waals surface area (Å²) >= 11 is 4.94. The van der Waals surface area contributed by atoms with Crippen LogP contribution < -0.4 is 0 Å². The Morgan fingerprint density at radius 3 is 2.65 bits per heavy atom. The van der Waals surface area contributed by atoms with Crippen molar-refractivity contribution in [1.82, 2.24) is 14.1 Å². The number of aromatic nitrogens is 3. The van der Waals surface area contributed by atoms with Gasteiger partial charge in [0.1, 0.15) is 11.6 Å². The van der Waals surface area contributed by atoms with Gasteiger partial charge < -0.3 is 19.3 Å². The Morgan fingerprint density at radius 1 is 1.26 bits per heavy atom. The van der Waals surface area contributed by atoms with E-state index in [0.717, 1.165) is 11.1 Å². The molecule has 0 radical (unpaired) electrons. The third kappa shape index (κ3) is 4.20. The fraction of sp³-hybridized carbons (Fsp3) is 0.182. The summed E-state index contributed by atoms with van der Waals surface area (Å²) in [4.78, 5) is 16.3. The molecule has 0 spiro atoms. The quantitative estimate of drug-likeness (QED) is 0.364. The van der Waals surface area contributed by atoms with Gasteiger partial charge in [-0.05, 0) is 39.7 Å². The van der Waals surface area contributed by atoms with Crippen molar-refractivity contribution < 1.29 is 19.4 Å². The number of phenolic OH excluding ortho intramolecular Hbond substituents is 1. The molecular formula is C22H19BrFN3O3S. The number of thioether (sulfide) groups is 1. The molecule has 0 aliphatic heterocycles. The second-order valence-electron chi connectivity index (χ2n) is 7.12. The topological polar surface area (TPSA) is 80.3 Å². The normalized spacial score (nSPS) is 11.3. The maximum Gasteiger partial charge on any atom is 0.338 e. The number of benzene rings is 2. The number of aromatic hydroxyl groups is 1. The lowest BCUT2D eigenvalue weighted by Crippen LogP contribution is -2.04. The molecule has 0 saturated heterocycles. The fourth-order valence-electron chi connectivity index (χ4n) is 3.64. The van der Waals surface area contributed by atoms with Gasteiger partial charge in [-0.3, -0.25) is 0 Å². The van der Waals surface area contributed by atoms with Crippen molar-refractivity contribution >= 4 is 44.6 Å². The second kappa shape index (κ2) is 8.76. The zero-order valence-electron chi connectivity index (χ0n) is 16.5. The number of carboxylic acids is 1. The number of imidazole rings is 1. The number of halogens is 2.